The van der Waals surface area contributed by atoms with Gasteiger partial charge in [0.05, 0.1) is 31.9 Å². The first-order chi connectivity index (χ1) is 19.0. The largest absolute Gasteiger partial charge is 0.497 e. The molecule has 2 amide bonds. The summed E-state index contributed by atoms with van der Waals surface area (Å²) >= 11 is 0. The number of nitrogens with one attached hydrogen (secondary N) is 1. The lowest BCUT2D eigenvalue weighted by molar-refractivity contribution is -0.139. The van der Waals surface area contributed by atoms with Crippen LogP contribution in [0.3, 0.4) is 0 Å². The minimum Gasteiger partial charge on any atom is -0.497 e. The van der Waals surface area contributed by atoms with Crippen LogP contribution in [0, 0.1) is 6.92 Å². The highest BCUT2D eigenvalue weighted by molar-refractivity contribution is 7.92. The Balaban J connectivity index is 2.13. The highest BCUT2D eigenvalue weighted by Crippen LogP contribution is 2.36. The summed E-state index contributed by atoms with van der Waals surface area (Å²) < 4.78 is 45.2. The number of carbonyl (C=O) groups excluding carboxylic acids is 2. The Morgan fingerprint density at radius 2 is 1.55 bits per heavy atom. The molecule has 0 aliphatic heterocycles. The number of nitrogens with zero attached hydrogens (tertiary/aromatic N) is 2. The lowest BCUT2D eigenvalue weighted by atomic mass is 10.1. The molecule has 1 unspecified atom stereocenters. The number of rotatable bonds is 12. The van der Waals surface area contributed by atoms with Gasteiger partial charge >= 0.3 is 0 Å². The van der Waals surface area contributed by atoms with E-state index in [1.54, 1.807) is 55.5 Å². The van der Waals surface area contributed by atoms with Gasteiger partial charge in [-0.25, -0.2) is 8.42 Å². The average molecular weight is 570 g/mol. The van der Waals surface area contributed by atoms with Crippen molar-refractivity contribution in [1.82, 2.24) is 10.2 Å². The van der Waals surface area contributed by atoms with E-state index in [1.165, 1.54) is 51.5 Å². The summed E-state index contributed by atoms with van der Waals surface area (Å²) in [4.78, 5) is 28.0. The number of methoxy groups -OCH3 is 3. The van der Waals surface area contributed by atoms with Crippen molar-refractivity contribution in [3.8, 4) is 17.2 Å². The van der Waals surface area contributed by atoms with Crippen LogP contribution in [0.5, 0.6) is 17.2 Å². The van der Waals surface area contributed by atoms with E-state index in [4.69, 9.17) is 14.2 Å². The van der Waals surface area contributed by atoms with Gasteiger partial charge in [-0.1, -0.05) is 29.8 Å². The van der Waals surface area contributed by atoms with Crippen molar-refractivity contribution < 1.29 is 32.2 Å². The van der Waals surface area contributed by atoms with Crippen molar-refractivity contribution >= 4 is 27.5 Å². The number of benzene rings is 3. The van der Waals surface area contributed by atoms with Gasteiger partial charge in [-0.05, 0) is 55.8 Å². The third-order valence-electron chi connectivity index (χ3n) is 6.44. The van der Waals surface area contributed by atoms with Gasteiger partial charge in [0.25, 0.3) is 10.0 Å². The molecule has 214 valence electrons. The smallest absolute Gasteiger partial charge is 0.264 e. The Kier molecular flexibility index (Phi) is 10.0. The van der Waals surface area contributed by atoms with Gasteiger partial charge in [0, 0.05) is 19.7 Å². The number of aryl methyl sites for hydroxylation is 1. The first-order valence-electron chi connectivity index (χ1n) is 12.5. The fourth-order valence-corrected chi connectivity index (χ4v) is 5.52. The Bertz CT molecular complexity index is 1440. The van der Waals surface area contributed by atoms with Crippen molar-refractivity contribution in [2.24, 2.45) is 0 Å². The zero-order valence-electron chi connectivity index (χ0n) is 23.5. The van der Waals surface area contributed by atoms with Crippen LogP contribution in [-0.4, -0.2) is 66.1 Å². The number of likely N-dealkylation sites (N-methyl/N-ethyl adjacent to an activating group) is 1. The zero-order valence-corrected chi connectivity index (χ0v) is 24.3. The number of hydrogen-bond donors (Lipinski definition) is 1. The van der Waals surface area contributed by atoms with Gasteiger partial charge in [0.15, 0.2) is 0 Å². The number of sulfonamides is 1. The van der Waals surface area contributed by atoms with Crippen LogP contribution in [0.1, 0.15) is 18.1 Å². The van der Waals surface area contributed by atoms with Gasteiger partial charge in [-0.3, -0.25) is 13.9 Å². The Morgan fingerprint density at radius 1 is 0.900 bits per heavy atom. The minimum absolute atomic E-state index is 0.00512. The summed E-state index contributed by atoms with van der Waals surface area (Å²) in [5, 5.41) is 2.56. The summed E-state index contributed by atoms with van der Waals surface area (Å²) in [6.45, 7) is 2.87. The molecular formula is C29H35N3O7S. The van der Waals surface area contributed by atoms with Gasteiger partial charge in [-0.2, -0.15) is 0 Å². The molecule has 1 atom stereocenters. The topological polar surface area (TPSA) is 114 Å². The number of anilines is 1. The van der Waals surface area contributed by atoms with Crippen LogP contribution in [0.25, 0.3) is 0 Å². The number of amides is 2. The molecule has 0 aliphatic carbocycles. The summed E-state index contributed by atoms with van der Waals surface area (Å²) in [6, 6.07) is 17.2. The van der Waals surface area contributed by atoms with E-state index >= 15 is 0 Å². The third-order valence-corrected chi connectivity index (χ3v) is 8.22. The molecule has 3 aromatic rings. The number of hydrogen-bond acceptors (Lipinski definition) is 7. The predicted molar refractivity (Wildman–Crippen MR) is 152 cm³/mol. The van der Waals surface area contributed by atoms with Crippen molar-refractivity contribution in [1.29, 1.82) is 0 Å². The fourth-order valence-electron chi connectivity index (χ4n) is 4.10. The molecule has 3 aromatic carbocycles. The molecule has 0 spiro atoms. The van der Waals surface area contributed by atoms with E-state index in [-0.39, 0.29) is 22.9 Å². The lowest BCUT2D eigenvalue weighted by Gasteiger charge is -2.32. The standard InChI is InChI=1S/C29H35N3O7S/c1-20-10-13-25(14-11-20)40(35,36)32(26-17-24(38-5)12-15-27(26)39-6)19-28(33)31(21(2)29(34)30-3)18-22-8-7-9-23(16-22)37-4/h7-17,21H,18-19H2,1-6H3,(H,30,34). The highest BCUT2D eigenvalue weighted by atomic mass is 32.2. The first kappa shape index (κ1) is 30.3. The van der Waals surface area contributed by atoms with Crippen molar-refractivity contribution in [3.63, 3.8) is 0 Å². The maximum atomic E-state index is 14.0. The second-order valence-electron chi connectivity index (χ2n) is 9.03. The Labute approximate surface area is 235 Å². The van der Waals surface area contributed by atoms with E-state index in [0.717, 1.165) is 9.87 Å². The molecule has 40 heavy (non-hydrogen) atoms. The second kappa shape index (κ2) is 13.2. The second-order valence-corrected chi connectivity index (χ2v) is 10.9. The van der Waals surface area contributed by atoms with Gasteiger partial charge in [0.2, 0.25) is 11.8 Å². The highest BCUT2D eigenvalue weighted by Gasteiger charge is 2.34. The minimum atomic E-state index is -4.26. The number of carbonyl (C=O) groups is 2. The molecule has 10 nitrogen and oxygen atoms in total. The molecule has 3 rings (SSSR count). The van der Waals surface area contributed by atoms with E-state index in [9.17, 15) is 18.0 Å². The molecule has 0 fully saturated rings. The van der Waals surface area contributed by atoms with Crippen LogP contribution in [0.2, 0.25) is 0 Å². The lowest BCUT2D eigenvalue weighted by Crippen LogP contribution is -2.50. The van der Waals surface area contributed by atoms with E-state index in [1.807, 2.05) is 6.92 Å². The van der Waals surface area contributed by atoms with Crippen LogP contribution in [0.15, 0.2) is 71.6 Å². The normalized spacial score (nSPS) is 11.8. The first-order valence-corrected chi connectivity index (χ1v) is 13.9. The quantitative estimate of drug-likeness (QED) is 0.356. The maximum Gasteiger partial charge on any atom is 0.264 e. The van der Waals surface area contributed by atoms with E-state index in [2.05, 4.69) is 5.32 Å². The molecular weight excluding hydrogens is 534 g/mol. The molecule has 0 heterocycles. The van der Waals surface area contributed by atoms with Gasteiger partial charge in [0.1, 0.15) is 29.8 Å². The average Bonchev–Trinajstić information content (AvgIpc) is 2.97. The molecule has 0 aromatic heterocycles. The summed E-state index contributed by atoms with van der Waals surface area (Å²) in [5.41, 5.74) is 1.70. The summed E-state index contributed by atoms with van der Waals surface area (Å²) in [7, 11) is 1.61. The Hall–Kier alpha value is -4.25. The molecule has 0 saturated heterocycles. The molecule has 0 aliphatic rings. The third kappa shape index (κ3) is 6.84. The van der Waals surface area contributed by atoms with Crippen LogP contribution in [0.4, 0.5) is 5.69 Å². The van der Waals surface area contributed by atoms with Crippen molar-refractivity contribution in [2.75, 3.05) is 39.2 Å². The predicted octanol–water partition coefficient (Wildman–Crippen LogP) is 3.38. The van der Waals surface area contributed by atoms with Crippen molar-refractivity contribution in [3.05, 3.63) is 77.9 Å². The molecule has 0 saturated carbocycles. The van der Waals surface area contributed by atoms with Gasteiger partial charge < -0.3 is 24.4 Å². The Morgan fingerprint density at radius 3 is 2.15 bits per heavy atom. The SMILES string of the molecule is CNC(=O)C(C)N(Cc1cccc(OC)c1)C(=O)CN(c1cc(OC)ccc1OC)S(=O)(=O)c1ccc(C)cc1. The maximum absolute atomic E-state index is 14.0. The molecule has 1 N–H and O–H groups in total. The van der Waals surface area contributed by atoms with E-state index < -0.39 is 34.4 Å². The van der Waals surface area contributed by atoms with Crippen LogP contribution < -0.4 is 23.8 Å². The van der Waals surface area contributed by atoms with E-state index in [0.29, 0.717) is 17.1 Å². The molecule has 0 bridgehead atoms. The van der Waals surface area contributed by atoms with Crippen molar-refractivity contribution in [2.45, 2.75) is 31.3 Å². The van der Waals surface area contributed by atoms with Gasteiger partial charge in [-0.15, -0.1) is 0 Å². The summed E-state index contributed by atoms with van der Waals surface area (Å²) in [6.07, 6.45) is 0. The number of ether oxygens (including phenoxy) is 3. The van der Waals surface area contributed by atoms with Crippen LogP contribution in [-0.2, 0) is 26.2 Å². The zero-order chi connectivity index (χ0) is 29.4. The monoisotopic (exact) mass is 569 g/mol. The summed E-state index contributed by atoms with van der Waals surface area (Å²) in [5.74, 6) is 0.187. The molecule has 0 radical (unpaired) electrons. The van der Waals surface area contributed by atoms with Crippen LogP contribution >= 0.6 is 0 Å². The fraction of sp³-hybridized carbons (Fsp3) is 0.310. The molecule has 11 heteroatoms.